The van der Waals surface area contributed by atoms with Crippen molar-refractivity contribution < 1.29 is 4.39 Å². The van der Waals surface area contributed by atoms with Gasteiger partial charge in [0.05, 0.1) is 0 Å². The van der Waals surface area contributed by atoms with Crippen molar-refractivity contribution in [3.8, 4) is 0 Å². The Morgan fingerprint density at radius 1 is 1.47 bits per heavy atom. The second-order valence-electron chi connectivity index (χ2n) is 4.76. The van der Waals surface area contributed by atoms with Crippen molar-refractivity contribution in [3.63, 3.8) is 0 Å². The fourth-order valence-corrected chi connectivity index (χ4v) is 2.08. The molecule has 1 aromatic carbocycles. The molecule has 0 aliphatic rings. The van der Waals surface area contributed by atoms with Crippen molar-refractivity contribution in [2.24, 2.45) is 11.7 Å². The van der Waals surface area contributed by atoms with Gasteiger partial charge in [-0.1, -0.05) is 32.1 Å². The summed E-state index contributed by atoms with van der Waals surface area (Å²) >= 11 is 4.94. The third-order valence-electron chi connectivity index (χ3n) is 2.45. The van der Waals surface area contributed by atoms with Gasteiger partial charge in [0, 0.05) is 18.7 Å². The lowest BCUT2D eigenvalue weighted by atomic mass is 10.1. The summed E-state index contributed by atoms with van der Waals surface area (Å²) in [6.07, 6.45) is 0. The van der Waals surface area contributed by atoms with Gasteiger partial charge >= 0.3 is 0 Å². The number of benzene rings is 1. The highest BCUT2D eigenvalue weighted by Crippen LogP contribution is 2.14. The Morgan fingerprint density at radius 3 is 2.65 bits per heavy atom. The molecule has 0 aliphatic heterocycles. The molecule has 17 heavy (non-hydrogen) atoms. The molecule has 0 unspecified atom stereocenters. The van der Waals surface area contributed by atoms with Gasteiger partial charge in [-0.05, 0) is 30.7 Å². The van der Waals surface area contributed by atoms with Crippen LogP contribution in [0.5, 0.6) is 0 Å². The van der Waals surface area contributed by atoms with Crippen LogP contribution in [0.2, 0.25) is 0 Å². The maximum Gasteiger partial charge on any atom is 0.123 e. The third kappa shape index (κ3) is 4.40. The van der Waals surface area contributed by atoms with Crippen molar-refractivity contribution in [2.75, 3.05) is 13.6 Å². The van der Waals surface area contributed by atoms with E-state index in [2.05, 4.69) is 18.7 Å². The molecule has 0 saturated carbocycles. The summed E-state index contributed by atoms with van der Waals surface area (Å²) < 4.78 is 13.1. The van der Waals surface area contributed by atoms with Crippen molar-refractivity contribution in [3.05, 3.63) is 35.1 Å². The van der Waals surface area contributed by atoms with Gasteiger partial charge in [-0.15, -0.1) is 0 Å². The molecule has 0 aromatic heterocycles. The Kier molecular flexibility index (Phi) is 5.02. The fourth-order valence-electron chi connectivity index (χ4n) is 1.89. The topological polar surface area (TPSA) is 29.3 Å². The lowest BCUT2D eigenvalue weighted by Gasteiger charge is -2.20. The molecule has 0 atom stereocenters. The van der Waals surface area contributed by atoms with Gasteiger partial charge in [0.2, 0.25) is 0 Å². The van der Waals surface area contributed by atoms with Gasteiger partial charge in [-0.2, -0.15) is 0 Å². The number of thiocarbonyl (C=S) groups is 1. The minimum atomic E-state index is -0.303. The molecular weight excluding hydrogens is 235 g/mol. The molecule has 0 fully saturated rings. The maximum absolute atomic E-state index is 13.1. The minimum absolute atomic E-state index is 0.248. The zero-order valence-electron chi connectivity index (χ0n) is 10.5. The average Bonchev–Trinajstić information content (AvgIpc) is 2.19. The Labute approximate surface area is 108 Å². The fraction of sp³-hybridized carbons (Fsp3) is 0.462. The Morgan fingerprint density at radius 2 is 2.12 bits per heavy atom. The molecule has 4 heteroatoms. The van der Waals surface area contributed by atoms with E-state index in [0.717, 1.165) is 18.7 Å². The van der Waals surface area contributed by atoms with E-state index in [1.807, 2.05) is 7.05 Å². The van der Waals surface area contributed by atoms with E-state index in [1.165, 1.54) is 12.1 Å². The molecule has 1 rings (SSSR count). The predicted octanol–water partition coefficient (Wildman–Crippen LogP) is 2.55. The summed E-state index contributed by atoms with van der Waals surface area (Å²) in [5.41, 5.74) is 7.22. The summed E-state index contributed by atoms with van der Waals surface area (Å²) in [6.45, 7) is 6.03. The monoisotopic (exact) mass is 254 g/mol. The normalized spacial score (nSPS) is 11.2. The molecule has 0 saturated heterocycles. The Bertz CT molecular complexity index is 404. The highest BCUT2D eigenvalue weighted by atomic mass is 32.1. The molecule has 0 bridgehead atoms. The van der Waals surface area contributed by atoms with Crippen LogP contribution < -0.4 is 5.73 Å². The number of halogens is 1. The molecule has 1 aromatic rings. The van der Waals surface area contributed by atoms with Crippen LogP contribution in [0.1, 0.15) is 25.0 Å². The molecule has 0 amide bonds. The second kappa shape index (κ2) is 6.07. The molecule has 94 valence electrons. The average molecular weight is 254 g/mol. The van der Waals surface area contributed by atoms with Crippen LogP contribution in [-0.2, 0) is 6.54 Å². The lowest BCUT2D eigenvalue weighted by molar-refractivity contribution is 0.288. The van der Waals surface area contributed by atoms with E-state index < -0.39 is 0 Å². The van der Waals surface area contributed by atoms with E-state index in [-0.39, 0.29) is 10.8 Å². The van der Waals surface area contributed by atoms with Crippen LogP contribution in [-0.4, -0.2) is 23.5 Å². The zero-order chi connectivity index (χ0) is 13.0. The van der Waals surface area contributed by atoms with E-state index in [1.54, 1.807) is 6.07 Å². The summed E-state index contributed by atoms with van der Waals surface area (Å²) in [7, 11) is 2.03. The van der Waals surface area contributed by atoms with Crippen molar-refractivity contribution in [1.29, 1.82) is 0 Å². The smallest absolute Gasteiger partial charge is 0.123 e. The predicted molar refractivity (Wildman–Crippen MR) is 73.5 cm³/mol. The van der Waals surface area contributed by atoms with Gasteiger partial charge in [-0.25, -0.2) is 4.39 Å². The van der Waals surface area contributed by atoms with Crippen molar-refractivity contribution in [2.45, 2.75) is 20.4 Å². The van der Waals surface area contributed by atoms with Crippen LogP contribution in [0.3, 0.4) is 0 Å². The number of nitrogens with zero attached hydrogens (tertiary/aromatic N) is 1. The number of rotatable bonds is 5. The van der Waals surface area contributed by atoms with Gasteiger partial charge in [-0.3, -0.25) is 0 Å². The van der Waals surface area contributed by atoms with Crippen LogP contribution in [0, 0.1) is 11.7 Å². The lowest BCUT2D eigenvalue weighted by Crippen LogP contribution is -2.24. The van der Waals surface area contributed by atoms with Crippen LogP contribution in [0.25, 0.3) is 0 Å². The van der Waals surface area contributed by atoms with Crippen LogP contribution in [0.4, 0.5) is 4.39 Å². The van der Waals surface area contributed by atoms with Gasteiger partial charge in [0.15, 0.2) is 0 Å². The standard InChI is InChI=1S/C13H19FN2S/c1-9(2)7-16(3)8-10-4-5-11(14)6-12(10)13(15)17/h4-6,9H,7-8H2,1-3H3,(H2,15,17). The summed E-state index contributed by atoms with van der Waals surface area (Å²) in [6, 6.07) is 4.60. The second-order valence-corrected chi connectivity index (χ2v) is 5.20. The molecule has 0 radical (unpaired) electrons. The van der Waals surface area contributed by atoms with Crippen LogP contribution >= 0.6 is 12.2 Å². The maximum atomic E-state index is 13.1. The minimum Gasteiger partial charge on any atom is -0.389 e. The molecule has 0 heterocycles. The summed E-state index contributed by atoms with van der Waals surface area (Å²) in [5.74, 6) is 0.289. The third-order valence-corrected chi connectivity index (χ3v) is 2.67. The van der Waals surface area contributed by atoms with E-state index in [4.69, 9.17) is 18.0 Å². The van der Waals surface area contributed by atoms with E-state index in [0.29, 0.717) is 11.5 Å². The molecule has 0 aliphatic carbocycles. The first-order valence-electron chi connectivity index (χ1n) is 5.67. The first-order chi connectivity index (χ1) is 7.90. The zero-order valence-corrected chi connectivity index (χ0v) is 11.4. The molecule has 2 nitrogen and oxygen atoms in total. The van der Waals surface area contributed by atoms with Crippen LogP contribution in [0.15, 0.2) is 18.2 Å². The molecule has 0 spiro atoms. The van der Waals surface area contributed by atoms with Crippen molar-refractivity contribution >= 4 is 17.2 Å². The van der Waals surface area contributed by atoms with E-state index >= 15 is 0 Å². The number of nitrogens with two attached hydrogens (primary N) is 1. The van der Waals surface area contributed by atoms with Gasteiger partial charge in [0.1, 0.15) is 10.8 Å². The first-order valence-corrected chi connectivity index (χ1v) is 6.07. The first kappa shape index (κ1) is 14.1. The van der Waals surface area contributed by atoms with Gasteiger partial charge in [0.25, 0.3) is 0 Å². The molecule has 2 N–H and O–H groups in total. The summed E-state index contributed by atoms with van der Waals surface area (Å²) in [5, 5.41) is 0. The van der Waals surface area contributed by atoms with E-state index in [9.17, 15) is 4.39 Å². The SMILES string of the molecule is CC(C)CN(C)Cc1ccc(F)cc1C(N)=S. The quantitative estimate of drug-likeness (QED) is 0.819. The van der Waals surface area contributed by atoms with Gasteiger partial charge < -0.3 is 10.6 Å². The Balaban J connectivity index is 2.86. The number of hydrogen-bond donors (Lipinski definition) is 1. The largest absolute Gasteiger partial charge is 0.389 e. The highest BCUT2D eigenvalue weighted by molar-refractivity contribution is 7.80. The van der Waals surface area contributed by atoms with Crippen molar-refractivity contribution in [1.82, 2.24) is 4.90 Å². The number of hydrogen-bond acceptors (Lipinski definition) is 2. The highest BCUT2D eigenvalue weighted by Gasteiger charge is 2.10. The molecular formula is C13H19FN2S. The Hall–Kier alpha value is -1.00. The summed E-state index contributed by atoms with van der Waals surface area (Å²) in [4.78, 5) is 2.43.